The molecule has 0 fully saturated rings. The number of hydrogen-bond donors (Lipinski definition) is 3. The molecule has 0 saturated heterocycles. The van der Waals surface area contributed by atoms with Gasteiger partial charge in [-0.25, -0.2) is 15.0 Å². The molecule has 5 aromatic rings. The monoisotopic (exact) mass is 394 g/mol. The van der Waals surface area contributed by atoms with Crippen molar-refractivity contribution in [2.24, 2.45) is 0 Å². The van der Waals surface area contributed by atoms with E-state index in [-0.39, 0.29) is 0 Å². The highest BCUT2D eigenvalue weighted by Gasteiger charge is 2.18. The molecule has 0 radical (unpaired) electrons. The third-order valence-electron chi connectivity index (χ3n) is 5.41. The molecule has 0 saturated carbocycles. The molecule has 3 N–H and O–H groups in total. The fourth-order valence-electron chi connectivity index (χ4n) is 3.89. The molecule has 6 heterocycles. The van der Waals surface area contributed by atoms with Gasteiger partial charge >= 0.3 is 0 Å². The molecule has 0 atom stereocenters. The summed E-state index contributed by atoms with van der Waals surface area (Å²) in [7, 11) is 0. The first-order valence-corrected chi connectivity index (χ1v) is 9.87. The van der Waals surface area contributed by atoms with Crippen molar-refractivity contribution in [3.05, 3.63) is 60.7 Å². The second kappa shape index (κ2) is 6.85. The lowest BCUT2D eigenvalue weighted by Gasteiger charge is -2.13. The van der Waals surface area contributed by atoms with Crippen LogP contribution >= 0.6 is 0 Å². The minimum absolute atomic E-state index is 0.646. The van der Waals surface area contributed by atoms with Gasteiger partial charge in [0.1, 0.15) is 5.52 Å². The molecule has 1 aliphatic heterocycles. The molecule has 0 amide bonds. The fraction of sp³-hybridized carbons (Fsp3) is 0.136. The Kier molecular flexibility index (Phi) is 3.88. The van der Waals surface area contributed by atoms with Crippen LogP contribution in [0, 0.1) is 0 Å². The Morgan fingerprint density at radius 2 is 1.87 bits per heavy atom. The van der Waals surface area contributed by atoms with Crippen molar-refractivity contribution in [1.82, 2.24) is 40.4 Å². The van der Waals surface area contributed by atoms with Gasteiger partial charge in [0.25, 0.3) is 0 Å². The molecule has 0 unspecified atom stereocenters. The normalized spacial score (nSPS) is 14.3. The van der Waals surface area contributed by atoms with E-state index in [2.05, 4.69) is 36.5 Å². The highest BCUT2D eigenvalue weighted by molar-refractivity contribution is 5.94. The van der Waals surface area contributed by atoms with Gasteiger partial charge in [0, 0.05) is 30.7 Å². The summed E-state index contributed by atoms with van der Waals surface area (Å²) in [5.41, 5.74) is 8.21. The van der Waals surface area contributed by atoms with E-state index in [1.807, 2.05) is 30.3 Å². The Balaban J connectivity index is 1.50. The van der Waals surface area contributed by atoms with Crippen LogP contribution in [0.5, 0.6) is 0 Å². The number of imidazole rings is 1. The standard InChI is InChI=1S/C22H18N8/c1-2-17-19(26-16(1)14-5-10-24-11-6-14)20(30-29-17)22-27-18-15(7-12-25-21(18)28-22)13-3-8-23-9-4-13/h1-5,7-9,12,24H,6,10-11H2,(H,29,30)(H,25,27,28). The number of rotatable bonds is 3. The van der Waals surface area contributed by atoms with E-state index in [0.717, 1.165) is 52.9 Å². The number of pyridine rings is 3. The summed E-state index contributed by atoms with van der Waals surface area (Å²) >= 11 is 0. The summed E-state index contributed by atoms with van der Waals surface area (Å²) in [5, 5.41) is 10.9. The van der Waals surface area contributed by atoms with Crippen molar-refractivity contribution in [2.75, 3.05) is 13.1 Å². The van der Waals surface area contributed by atoms with Gasteiger partial charge in [-0.05, 0) is 54.4 Å². The average molecular weight is 394 g/mol. The third kappa shape index (κ3) is 2.77. The Hall–Kier alpha value is -3.91. The van der Waals surface area contributed by atoms with Crippen molar-refractivity contribution in [3.8, 4) is 22.6 Å². The first-order chi connectivity index (χ1) is 14.9. The molecule has 30 heavy (non-hydrogen) atoms. The highest BCUT2D eigenvalue weighted by atomic mass is 15.2. The van der Waals surface area contributed by atoms with Crippen LogP contribution in [-0.2, 0) is 0 Å². The van der Waals surface area contributed by atoms with E-state index in [1.54, 1.807) is 18.6 Å². The lowest BCUT2D eigenvalue weighted by atomic mass is 10.1. The van der Waals surface area contributed by atoms with Crippen LogP contribution in [0.25, 0.3) is 50.4 Å². The lowest BCUT2D eigenvalue weighted by molar-refractivity contribution is 0.737. The van der Waals surface area contributed by atoms with Gasteiger partial charge < -0.3 is 10.3 Å². The van der Waals surface area contributed by atoms with Gasteiger partial charge in [0.05, 0.1) is 16.7 Å². The molecule has 0 aliphatic carbocycles. The molecule has 8 heteroatoms. The maximum absolute atomic E-state index is 4.91. The number of H-pyrrole nitrogens is 2. The SMILES string of the molecule is C1=C(c2ccc3[nH]nc(-c4nc5nccc(-c6ccncc6)c5[nH]4)c3n2)CCNC1. The van der Waals surface area contributed by atoms with E-state index in [0.29, 0.717) is 17.2 Å². The molecule has 0 aromatic carbocycles. The minimum Gasteiger partial charge on any atom is -0.335 e. The molecular formula is C22H18N8. The van der Waals surface area contributed by atoms with Crippen LogP contribution in [0.2, 0.25) is 0 Å². The molecule has 0 bridgehead atoms. The predicted octanol–water partition coefficient (Wildman–Crippen LogP) is 3.33. The van der Waals surface area contributed by atoms with Crippen molar-refractivity contribution in [3.63, 3.8) is 0 Å². The zero-order valence-electron chi connectivity index (χ0n) is 16.1. The van der Waals surface area contributed by atoms with Gasteiger partial charge in [-0.1, -0.05) is 6.08 Å². The van der Waals surface area contributed by atoms with Crippen LogP contribution in [0.4, 0.5) is 0 Å². The van der Waals surface area contributed by atoms with E-state index in [9.17, 15) is 0 Å². The van der Waals surface area contributed by atoms with Crippen molar-refractivity contribution in [1.29, 1.82) is 0 Å². The summed E-state index contributed by atoms with van der Waals surface area (Å²) < 4.78 is 0. The maximum atomic E-state index is 4.91. The quantitative estimate of drug-likeness (QED) is 0.433. The van der Waals surface area contributed by atoms with E-state index in [4.69, 9.17) is 9.97 Å². The van der Waals surface area contributed by atoms with Gasteiger partial charge in [-0.15, -0.1) is 0 Å². The average Bonchev–Trinajstić information content (AvgIpc) is 3.43. The van der Waals surface area contributed by atoms with Gasteiger partial charge in [0.2, 0.25) is 0 Å². The Bertz CT molecular complexity index is 1400. The number of hydrogen-bond acceptors (Lipinski definition) is 6. The summed E-state index contributed by atoms with van der Waals surface area (Å²) in [4.78, 5) is 21.6. The fourth-order valence-corrected chi connectivity index (χ4v) is 3.89. The second-order valence-electron chi connectivity index (χ2n) is 7.23. The zero-order chi connectivity index (χ0) is 19.9. The van der Waals surface area contributed by atoms with E-state index >= 15 is 0 Å². The molecule has 6 rings (SSSR count). The third-order valence-corrected chi connectivity index (χ3v) is 5.41. The smallest absolute Gasteiger partial charge is 0.178 e. The van der Waals surface area contributed by atoms with Crippen LogP contribution < -0.4 is 5.32 Å². The Labute approximate surface area is 171 Å². The van der Waals surface area contributed by atoms with Gasteiger partial charge in [0.15, 0.2) is 17.2 Å². The first-order valence-electron chi connectivity index (χ1n) is 9.87. The number of nitrogens with one attached hydrogen (secondary N) is 3. The topological polar surface area (TPSA) is 108 Å². The maximum Gasteiger partial charge on any atom is 0.178 e. The molecule has 1 aliphatic rings. The Morgan fingerprint density at radius 1 is 0.933 bits per heavy atom. The summed E-state index contributed by atoms with van der Waals surface area (Å²) in [6, 6.07) is 9.99. The van der Waals surface area contributed by atoms with Crippen molar-refractivity contribution in [2.45, 2.75) is 6.42 Å². The lowest BCUT2D eigenvalue weighted by Crippen LogP contribution is -2.20. The number of fused-ring (bicyclic) bond motifs is 2. The summed E-state index contributed by atoms with van der Waals surface area (Å²) in [5.74, 6) is 0.647. The van der Waals surface area contributed by atoms with Crippen molar-refractivity contribution >= 4 is 27.8 Å². The van der Waals surface area contributed by atoms with Crippen LogP contribution in [0.1, 0.15) is 12.1 Å². The highest BCUT2D eigenvalue weighted by Crippen LogP contribution is 2.30. The van der Waals surface area contributed by atoms with Crippen LogP contribution in [0.3, 0.4) is 0 Å². The summed E-state index contributed by atoms with van der Waals surface area (Å²) in [6.45, 7) is 1.84. The van der Waals surface area contributed by atoms with E-state index in [1.165, 1.54) is 5.57 Å². The van der Waals surface area contributed by atoms with E-state index < -0.39 is 0 Å². The Morgan fingerprint density at radius 3 is 2.73 bits per heavy atom. The molecule has 0 spiro atoms. The van der Waals surface area contributed by atoms with Gasteiger partial charge in [-0.3, -0.25) is 10.1 Å². The second-order valence-corrected chi connectivity index (χ2v) is 7.23. The van der Waals surface area contributed by atoms with Gasteiger partial charge in [-0.2, -0.15) is 5.10 Å². The number of aromatic nitrogens is 7. The number of aromatic amines is 2. The molecule has 5 aromatic heterocycles. The minimum atomic E-state index is 0.646. The number of nitrogens with zero attached hydrogens (tertiary/aromatic N) is 5. The molecule has 146 valence electrons. The summed E-state index contributed by atoms with van der Waals surface area (Å²) in [6.07, 6.45) is 8.49. The van der Waals surface area contributed by atoms with Crippen LogP contribution in [-0.4, -0.2) is 48.2 Å². The van der Waals surface area contributed by atoms with Crippen molar-refractivity contribution < 1.29 is 0 Å². The molecular weight excluding hydrogens is 376 g/mol. The largest absolute Gasteiger partial charge is 0.335 e. The zero-order valence-corrected chi connectivity index (χ0v) is 16.1. The molecule has 8 nitrogen and oxygen atoms in total. The predicted molar refractivity (Wildman–Crippen MR) is 115 cm³/mol. The van der Waals surface area contributed by atoms with Crippen LogP contribution in [0.15, 0.2) is 55.0 Å². The first kappa shape index (κ1) is 17.0.